The quantitative estimate of drug-likeness (QED) is 0.397. The lowest BCUT2D eigenvalue weighted by atomic mass is 9.87. The number of rotatable bonds is 7. The molecule has 1 unspecified atom stereocenters. The third-order valence-corrected chi connectivity index (χ3v) is 3.15. The molecule has 0 amide bonds. The fourth-order valence-corrected chi connectivity index (χ4v) is 1.74. The normalized spacial score (nSPS) is 21.2. The van der Waals surface area contributed by atoms with E-state index < -0.39 is 0 Å². The molecule has 1 aliphatic heterocycles. The van der Waals surface area contributed by atoms with Crippen molar-refractivity contribution in [3.8, 4) is 0 Å². The van der Waals surface area contributed by atoms with Crippen LogP contribution in [-0.2, 0) is 9.47 Å². The van der Waals surface area contributed by atoms with Crippen molar-refractivity contribution in [3.05, 3.63) is 0 Å². The van der Waals surface area contributed by atoms with Gasteiger partial charge >= 0.3 is 0 Å². The smallest absolute Gasteiger partial charge is 0.0963 e. The molecule has 0 bridgehead atoms. The molecule has 0 radical (unpaired) electrons. The standard InChI is InChI=1S/C12H24N2O2/c1-12(2,11(13)14)6-4-7-15-9-10-5-3-8-16-10/h10H,3-9H2,1-2H3,(H3,13,14). The summed E-state index contributed by atoms with van der Waals surface area (Å²) >= 11 is 0. The topological polar surface area (TPSA) is 68.3 Å². The lowest BCUT2D eigenvalue weighted by Crippen LogP contribution is -2.31. The van der Waals surface area contributed by atoms with Crippen molar-refractivity contribution < 1.29 is 9.47 Å². The largest absolute Gasteiger partial charge is 0.387 e. The Morgan fingerprint density at radius 1 is 1.56 bits per heavy atom. The fraction of sp³-hybridized carbons (Fsp3) is 0.917. The molecule has 0 aliphatic carbocycles. The van der Waals surface area contributed by atoms with Gasteiger partial charge in [-0.3, -0.25) is 5.41 Å². The zero-order chi connectivity index (χ0) is 12.0. The number of ether oxygens (including phenoxy) is 2. The van der Waals surface area contributed by atoms with Gasteiger partial charge in [0.2, 0.25) is 0 Å². The van der Waals surface area contributed by atoms with Crippen LogP contribution in [0, 0.1) is 10.8 Å². The summed E-state index contributed by atoms with van der Waals surface area (Å²) in [5.74, 6) is 0.256. The molecule has 4 heteroatoms. The molecule has 1 aliphatic rings. The first kappa shape index (κ1) is 13.5. The SMILES string of the molecule is CC(C)(CCCOCC1CCCO1)C(=N)N. The minimum atomic E-state index is -0.201. The molecule has 16 heavy (non-hydrogen) atoms. The number of hydrogen-bond donors (Lipinski definition) is 2. The van der Waals surface area contributed by atoms with Gasteiger partial charge in [0, 0.05) is 18.6 Å². The Morgan fingerprint density at radius 3 is 2.88 bits per heavy atom. The second-order valence-corrected chi connectivity index (χ2v) is 5.11. The van der Waals surface area contributed by atoms with E-state index >= 15 is 0 Å². The van der Waals surface area contributed by atoms with Gasteiger partial charge in [-0.2, -0.15) is 0 Å². The molecule has 1 saturated heterocycles. The van der Waals surface area contributed by atoms with Gasteiger partial charge in [0.05, 0.1) is 18.5 Å². The van der Waals surface area contributed by atoms with E-state index in [0.717, 1.165) is 38.9 Å². The van der Waals surface area contributed by atoms with Gasteiger partial charge in [-0.15, -0.1) is 0 Å². The Balaban J connectivity index is 2.01. The van der Waals surface area contributed by atoms with E-state index in [2.05, 4.69) is 0 Å². The van der Waals surface area contributed by atoms with Gasteiger partial charge in [0.25, 0.3) is 0 Å². The minimum absolute atomic E-state index is 0.201. The first-order valence-corrected chi connectivity index (χ1v) is 6.06. The summed E-state index contributed by atoms with van der Waals surface area (Å²) in [5, 5.41) is 7.43. The predicted molar refractivity (Wildman–Crippen MR) is 64.7 cm³/mol. The number of nitrogens with one attached hydrogen (secondary N) is 1. The first-order valence-electron chi connectivity index (χ1n) is 6.06. The molecule has 1 heterocycles. The highest BCUT2D eigenvalue weighted by molar-refractivity contribution is 5.82. The summed E-state index contributed by atoms with van der Waals surface area (Å²) in [5.41, 5.74) is 5.31. The van der Waals surface area contributed by atoms with E-state index in [1.807, 2.05) is 13.8 Å². The van der Waals surface area contributed by atoms with Crippen molar-refractivity contribution in [2.24, 2.45) is 11.1 Å². The van der Waals surface area contributed by atoms with Gasteiger partial charge in [0.15, 0.2) is 0 Å². The molecule has 3 N–H and O–H groups in total. The molecule has 0 aromatic rings. The van der Waals surface area contributed by atoms with E-state index in [1.54, 1.807) is 0 Å². The molecular formula is C12H24N2O2. The van der Waals surface area contributed by atoms with Crippen LogP contribution in [0.2, 0.25) is 0 Å². The summed E-state index contributed by atoms with van der Waals surface area (Å²) in [7, 11) is 0. The summed E-state index contributed by atoms with van der Waals surface area (Å²) in [6.07, 6.45) is 4.43. The lowest BCUT2D eigenvalue weighted by Gasteiger charge is -2.22. The van der Waals surface area contributed by atoms with E-state index in [0.29, 0.717) is 12.7 Å². The molecule has 0 saturated carbocycles. The molecule has 0 aromatic carbocycles. The van der Waals surface area contributed by atoms with Crippen molar-refractivity contribution in [1.82, 2.24) is 0 Å². The Kier molecular flexibility index (Phi) is 5.22. The van der Waals surface area contributed by atoms with E-state index in [9.17, 15) is 0 Å². The zero-order valence-electron chi connectivity index (χ0n) is 10.4. The van der Waals surface area contributed by atoms with E-state index in [-0.39, 0.29) is 11.3 Å². The third kappa shape index (κ3) is 4.49. The Bertz CT molecular complexity index is 223. The van der Waals surface area contributed by atoms with Crippen LogP contribution in [-0.4, -0.2) is 31.8 Å². The van der Waals surface area contributed by atoms with Crippen LogP contribution in [0.4, 0.5) is 0 Å². The Hall–Kier alpha value is -0.610. The van der Waals surface area contributed by atoms with Crippen molar-refractivity contribution >= 4 is 5.84 Å². The molecule has 0 aromatic heterocycles. The minimum Gasteiger partial charge on any atom is -0.387 e. The molecule has 94 valence electrons. The molecule has 1 fully saturated rings. The lowest BCUT2D eigenvalue weighted by molar-refractivity contribution is 0.0151. The monoisotopic (exact) mass is 228 g/mol. The van der Waals surface area contributed by atoms with Gasteiger partial charge in [-0.1, -0.05) is 13.8 Å². The van der Waals surface area contributed by atoms with Crippen LogP contribution in [0.1, 0.15) is 39.5 Å². The highest BCUT2D eigenvalue weighted by atomic mass is 16.5. The predicted octanol–water partition coefficient (Wildman–Crippen LogP) is 1.92. The Morgan fingerprint density at radius 2 is 2.31 bits per heavy atom. The summed E-state index contributed by atoms with van der Waals surface area (Å²) in [4.78, 5) is 0. The average molecular weight is 228 g/mol. The molecule has 0 spiro atoms. The third-order valence-electron chi connectivity index (χ3n) is 3.15. The van der Waals surface area contributed by atoms with Gasteiger partial charge in [-0.05, 0) is 25.7 Å². The molecular weight excluding hydrogens is 204 g/mol. The zero-order valence-corrected chi connectivity index (χ0v) is 10.4. The highest BCUT2D eigenvalue weighted by Crippen LogP contribution is 2.21. The van der Waals surface area contributed by atoms with Crippen LogP contribution in [0.25, 0.3) is 0 Å². The van der Waals surface area contributed by atoms with Crippen molar-refractivity contribution in [3.63, 3.8) is 0 Å². The van der Waals surface area contributed by atoms with Crippen LogP contribution in [0.15, 0.2) is 0 Å². The summed E-state index contributed by atoms with van der Waals surface area (Å²) in [6.45, 7) is 6.31. The number of hydrogen-bond acceptors (Lipinski definition) is 3. The van der Waals surface area contributed by atoms with E-state index in [1.165, 1.54) is 0 Å². The van der Waals surface area contributed by atoms with Crippen LogP contribution >= 0.6 is 0 Å². The van der Waals surface area contributed by atoms with Gasteiger partial charge < -0.3 is 15.2 Å². The molecule has 1 rings (SSSR count). The Labute approximate surface area is 98.0 Å². The summed E-state index contributed by atoms with van der Waals surface area (Å²) in [6, 6.07) is 0. The van der Waals surface area contributed by atoms with Crippen LogP contribution in [0.3, 0.4) is 0 Å². The van der Waals surface area contributed by atoms with Crippen molar-refractivity contribution in [1.29, 1.82) is 5.41 Å². The van der Waals surface area contributed by atoms with Gasteiger partial charge in [0.1, 0.15) is 0 Å². The first-order chi connectivity index (χ1) is 7.52. The second-order valence-electron chi connectivity index (χ2n) is 5.11. The second kappa shape index (κ2) is 6.21. The molecule has 4 nitrogen and oxygen atoms in total. The number of amidine groups is 1. The van der Waals surface area contributed by atoms with Crippen LogP contribution < -0.4 is 5.73 Å². The van der Waals surface area contributed by atoms with Gasteiger partial charge in [-0.25, -0.2) is 0 Å². The average Bonchev–Trinajstić information content (AvgIpc) is 2.69. The number of nitrogens with two attached hydrogens (primary N) is 1. The fourth-order valence-electron chi connectivity index (χ4n) is 1.74. The highest BCUT2D eigenvalue weighted by Gasteiger charge is 2.21. The van der Waals surface area contributed by atoms with E-state index in [4.69, 9.17) is 20.6 Å². The van der Waals surface area contributed by atoms with Crippen LogP contribution in [0.5, 0.6) is 0 Å². The maximum absolute atomic E-state index is 7.43. The molecule has 1 atom stereocenters. The van der Waals surface area contributed by atoms with Crippen molar-refractivity contribution in [2.75, 3.05) is 19.8 Å². The maximum Gasteiger partial charge on any atom is 0.0963 e. The van der Waals surface area contributed by atoms with Crippen molar-refractivity contribution in [2.45, 2.75) is 45.6 Å². The maximum atomic E-state index is 7.43. The summed E-state index contributed by atoms with van der Waals surface area (Å²) < 4.78 is 11.0.